The predicted molar refractivity (Wildman–Crippen MR) is 78.9 cm³/mol. The minimum atomic E-state index is -0.0865. The fourth-order valence-corrected chi connectivity index (χ4v) is 2.49. The van der Waals surface area contributed by atoms with E-state index in [2.05, 4.69) is 17.4 Å². The Kier molecular flexibility index (Phi) is 6.30. The Hall–Kier alpha value is -1.10. The standard InChI is InChI=1S/C16H25NO3/c1-19-10-11-20-16-8-2-13(3-9-16)12-17-14-4-6-15(18)7-5-14/h2-3,8-9,14-15,17-18H,4-7,10-12H2,1H3. The maximum atomic E-state index is 9.48. The van der Waals surface area contributed by atoms with E-state index in [0.717, 1.165) is 38.0 Å². The second-order valence-electron chi connectivity index (χ2n) is 5.37. The molecule has 0 radical (unpaired) electrons. The van der Waals surface area contributed by atoms with Gasteiger partial charge in [0.05, 0.1) is 12.7 Å². The Morgan fingerprint density at radius 2 is 1.80 bits per heavy atom. The average molecular weight is 279 g/mol. The van der Waals surface area contributed by atoms with Gasteiger partial charge in [-0.3, -0.25) is 0 Å². The lowest BCUT2D eigenvalue weighted by Crippen LogP contribution is -2.34. The van der Waals surface area contributed by atoms with Crippen LogP contribution in [0.1, 0.15) is 31.2 Å². The molecule has 0 amide bonds. The SMILES string of the molecule is COCCOc1ccc(CNC2CCC(O)CC2)cc1. The molecule has 0 saturated heterocycles. The number of ether oxygens (including phenoxy) is 2. The van der Waals surface area contributed by atoms with E-state index in [1.165, 1.54) is 5.56 Å². The van der Waals surface area contributed by atoms with Crippen molar-refractivity contribution in [2.45, 2.75) is 44.4 Å². The summed E-state index contributed by atoms with van der Waals surface area (Å²) in [5.74, 6) is 0.881. The highest BCUT2D eigenvalue weighted by molar-refractivity contribution is 5.27. The van der Waals surface area contributed by atoms with E-state index < -0.39 is 0 Å². The van der Waals surface area contributed by atoms with Gasteiger partial charge in [-0.1, -0.05) is 12.1 Å². The van der Waals surface area contributed by atoms with Crippen LogP contribution in [-0.4, -0.2) is 37.6 Å². The fraction of sp³-hybridized carbons (Fsp3) is 0.625. The van der Waals surface area contributed by atoms with Gasteiger partial charge < -0.3 is 19.9 Å². The average Bonchev–Trinajstić information content (AvgIpc) is 2.48. The second-order valence-corrected chi connectivity index (χ2v) is 5.37. The summed E-state index contributed by atoms with van der Waals surface area (Å²) < 4.78 is 10.5. The first kappa shape index (κ1) is 15.3. The van der Waals surface area contributed by atoms with Crippen molar-refractivity contribution >= 4 is 0 Å². The molecule has 1 aromatic carbocycles. The van der Waals surface area contributed by atoms with Gasteiger partial charge in [0.15, 0.2) is 0 Å². The summed E-state index contributed by atoms with van der Waals surface area (Å²) in [5, 5.41) is 13.0. The van der Waals surface area contributed by atoms with E-state index >= 15 is 0 Å². The number of nitrogens with one attached hydrogen (secondary N) is 1. The molecule has 0 bridgehead atoms. The second kappa shape index (κ2) is 8.25. The molecule has 112 valence electrons. The zero-order valence-electron chi connectivity index (χ0n) is 12.2. The van der Waals surface area contributed by atoms with Crippen molar-refractivity contribution in [2.75, 3.05) is 20.3 Å². The third-order valence-corrected chi connectivity index (χ3v) is 3.77. The molecule has 1 saturated carbocycles. The number of rotatable bonds is 7. The summed E-state index contributed by atoms with van der Waals surface area (Å²) in [5.41, 5.74) is 1.26. The molecule has 0 spiro atoms. The van der Waals surface area contributed by atoms with E-state index in [4.69, 9.17) is 9.47 Å². The molecule has 0 heterocycles. The van der Waals surface area contributed by atoms with E-state index in [1.807, 2.05) is 12.1 Å². The monoisotopic (exact) mass is 279 g/mol. The number of benzene rings is 1. The van der Waals surface area contributed by atoms with Crippen LogP contribution < -0.4 is 10.1 Å². The van der Waals surface area contributed by atoms with Crippen molar-refractivity contribution in [3.05, 3.63) is 29.8 Å². The third kappa shape index (κ3) is 5.12. The molecule has 1 aliphatic carbocycles. The maximum absolute atomic E-state index is 9.48. The number of hydrogen-bond donors (Lipinski definition) is 2. The fourth-order valence-electron chi connectivity index (χ4n) is 2.49. The molecule has 1 fully saturated rings. The van der Waals surface area contributed by atoms with Gasteiger partial charge in [0, 0.05) is 19.7 Å². The Bertz CT molecular complexity index is 372. The largest absolute Gasteiger partial charge is 0.491 e. The van der Waals surface area contributed by atoms with Crippen LogP contribution in [0.4, 0.5) is 0 Å². The minimum Gasteiger partial charge on any atom is -0.491 e. The quantitative estimate of drug-likeness (QED) is 0.751. The number of aliphatic hydroxyl groups is 1. The van der Waals surface area contributed by atoms with Crippen LogP contribution in [0, 0.1) is 0 Å². The molecule has 0 unspecified atom stereocenters. The van der Waals surface area contributed by atoms with E-state index in [9.17, 15) is 5.11 Å². The third-order valence-electron chi connectivity index (χ3n) is 3.77. The molecule has 0 aliphatic heterocycles. The van der Waals surface area contributed by atoms with E-state index in [-0.39, 0.29) is 6.10 Å². The first-order valence-electron chi connectivity index (χ1n) is 7.40. The van der Waals surface area contributed by atoms with Crippen LogP contribution in [0.25, 0.3) is 0 Å². The lowest BCUT2D eigenvalue weighted by atomic mass is 9.93. The van der Waals surface area contributed by atoms with Gasteiger partial charge in [0.1, 0.15) is 12.4 Å². The van der Waals surface area contributed by atoms with Crippen molar-refractivity contribution in [1.29, 1.82) is 0 Å². The Morgan fingerprint density at radius 3 is 2.45 bits per heavy atom. The number of aliphatic hydroxyl groups excluding tert-OH is 1. The van der Waals surface area contributed by atoms with Crippen LogP contribution in [0.2, 0.25) is 0 Å². The van der Waals surface area contributed by atoms with Crippen LogP contribution in [0.15, 0.2) is 24.3 Å². The normalized spacial score (nSPS) is 22.7. The summed E-state index contributed by atoms with van der Waals surface area (Å²) in [6.07, 6.45) is 3.89. The molecule has 20 heavy (non-hydrogen) atoms. The van der Waals surface area contributed by atoms with Gasteiger partial charge in [-0.25, -0.2) is 0 Å². The highest BCUT2D eigenvalue weighted by Crippen LogP contribution is 2.19. The van der Waals surface area contributed by atoms with Gasteiger partial charge in [0.25, 0.3) is 0 Å². The van der Waals surface area contributed by atoms with E-state index in [0.29, 0.717) is 19.3 Å². The molecule has 1 aliphatic rings. The molecule has 4 nitrogen and oxygen atoms in total. The molecule has 2 rings (SSSR count). The maximum Gasteiger partial charge on any atom is 0.119 e. The van der Waals surface area contributed by atoms with E-state index in [1.54, 1.807) is 7.11 Å². The van der Waals surface area contributed by atoms with Gasteiger partial charge in [-0.15, -0.1) is 0 Å². The van der Waals surface area contributed by atoms with Gasteiger partial charge in [0.2, 0.25) is 0 Å². The minimum absolute atomic E-state index is 0.0865. The zero-order valence-corrected chi connectivity index (χ0v) is 12.2. The first-order valence-corrected chi connectivity index (χ1v) is 7.40. The van der Waals surface area contributed by atoms with Gasteiger partial charge in [-0.2, -0.15) is 0 Å². The summed E-state index contributed by atoms with van der Waals surface area (Å²) in [6, 6.07) is 8.71. The van der Waals surface area contributed by atoms with Gasteiger partial charge >= 0.3 is 0 Å². The van der Waals surface area contributed by atoms with Crippen LogP contribution >= 0.6 is 0 Å². The van der Waals surface area contributed by atoms with Crippen molar-refractivity contribution in [1.82, 2.24) is 5.32 Å². The van der Waals surface area contributed by atoms with Crippen LogP contribution in [0.3, 0.4) is 0 Å². The smallest absolute Gasteiger partial charge is 0.119 e. The molecule has 0 aromatic heterocycles. The molecule has 2 N–H and O–H groups in total. The topological polar surface area (TPSA) is 50.7 Å². The van der Waals surface area contributed by atoms with Crippen molar-refractivity contribution in [2.24, 2.45) is 0 Å². The molecule has 1 aromatic rings. The lowest BCUT2D eigenvalue weighted by Gasteiger charge is -2.26. The zero-order chi connectivity index (χ0) is 14.2. The Labute approximate surface area is 121 Å². The molecular weight excluding hydrogens is 254 g/mol. The summed E-state index contributed by atoms with van der Waals surface area (Å²) in [7, 11) is 1.67. The highest BCUT2D eigenvalue weighted by Gasteiger charge is 2.18. The molecular formula is C16H25NO3. The molecule has 0 atom stereocenters. The Morgan fingerprint density at radius 1 is 1.10 bits per heavy atom. The van der Waals surface area contributed by atoms with Crippen molar-refractivity contribution in [3.63, 3.8) is 0 Å². The highest BCUT2D eigenvalue weighted by atomic mass is 16.5. The van der Waals surface area contributed by atoms with Crippen molar-refractivity contribution < 1.29 is 14.6 Å². The van der Waals surface area contributed by atoms with Crippen molar-refractivity contribution in [3.8, 4) is 5.75 Å². The summed E-state index contributed by atoms with van der Waals surface area (Å²) >= 11 is 0. The Balaban J connectivity index is 1.70. The lowest BCUT2D eigenvalue weighted by molar-refractivity contribution is 0.116. The van der Waals surface area contributed by atoms with Gasteiger partial charge in [-0.05, 0) is 43.4 Å². The number of methoxy groups -OCH3 is 1. The summed E-state index contributed by atoms with van der Waals surface area (Å²) in [4.78, 5) is 0. The summed E-state index contributed by atoms with van der Waals surface area (Å²) in [6.45, 7) is 2.06. The molecule has 4 heteroatoms. The predicted octanol–water partition coefficient (Wildman–Crippen LogP) is 2.10. The van der Waals surface area contributed by atoms with Crippen LogP contribution in [0.5, 0.6) is 5.75 Å². The number of hydrogen-bond acceptors (Lipinski definition) is 4. The van der Waals surface area contributed by atoms with Crippen LogP contribution in [-0.2, 0) is 11.3 Å². The first-order chi connectivity index (χ1) is 9.78.